The van der Waals surface area contributed by atoms with Gasteiger partial charge in [-0.3, -0.25) is 4.79 Å². The molecule has 5 heteroatoms. The third-order valence-electron chi connectivity index (χ3n) is 1.47. The Labute approximate surface area is 88.9 Å². The van der Waals surface area contributed by atoms with E-state index in [2.05, 4.69) is 21.2 Å². The van der Waals surface area contributed by atoms with Gasteiger partial charge in [0.25, 0.3) is 0 Å². The van der Waals surface area contributed by atoms with Crippen LogP contribution in [0.25, 0.3) is 0 Å². The fraction of sp³-hybridized carbons (Fsp3) is 0.375. The Morgan fingerprint density at radius 1 is 1.77 bits per heavy atom. The van der Waals surface area contributed by atoms with Crippen LogP contribution in [0.15, 0.2) is 15.9 Å². The van der Waals surface area contributed by atoms with Crippen LogP contribution in [0.5, 0.6) is 0 Å². The van der Waals surface area contributed by atoms with E-state index in [-0.39, 0.29) is 12.5 Å². The molecule has 1 rings (SSSR count). The van der Waals surface area contributed by atoms with E-state index in [0.29, 0.717) is 0 Å². The summed E-state index contributed by atoms with van der Waals surface area (Å²) in [5.41, 5.74) is 0. The second kappa shape index (κ2) is 4.74. The maximum absolute atomic E-state index is 10.6. The molecule has 0 spiro atoms. The lowest BCUT2D eigenvalue weighted by Crippen LogP contribution is -2.25. The van der Waals surface area contributed by atoms with E-state index < -0.39 is 6.10 Å². The lowest BCUT2D eigenvalue weighted by Gasteiger charge is -2.07. The van der Waals surface area contributed by atoms with E-state index in [1.807, 2.05) is 12.1 Å². The number of nitrogens with one attached hydrogen (secondary N) is 1. The number of amides is 1. The highest BCUT2D eigenvalue weighted by molar-refractivity contribution is 9.11. The summed E-state index contributed by atoms with van der Waals surface area (Å²) >= 11 is 4.76. The molecule has 0 aliphatic carbocycles. The first-order chi connectivity index (χ1) is 6.09. The number of hydrogen-bond donors (Lipinski definition) is 2. The highest BCUT2D eigenvalue weighted by Gasteiger charge is 2.09. The van der Waals surface area contributed by atoms with E-state index in [9.17, 15) is 9.90 Å². The van der Waals surface area contributed by atoms with Gasteiger partial charge in [0, 0.05) is 18.3 Å². The van der Waals surface area contributed by atoms with Crippen molar-refractivity contribution in [3.05, 3.63) is 20.8 Å². The number of halogens is 1. The molecule has 2 N–H and O–H groups in total. The van der Waals surface area contributed by atoms with Crippen molar-refractivity contribution in [2.75, 3.05) is 6.54 Å². The largest absolute Gasteiger partial charge is 0.386 e. The Morgan fingerprint density at radius 2 is 2.46 bits per heavy atom. The monoisotopic (exact) mass is 263 g/mol. The van der Waals surface area contributed by atoms with Crippen molar-refractivity contribution in [3.63, 3.8) is 0 Å². The Morgan fingerprint density at radius 3 is 2.92 bits per heavy atom. The lowest BCUT2D eigenvalue weighted by molar-refractivity contribution is -0.119. The minimum atomic E-state index is -0.611. The van der Waals surface area contributed by atoms with Crippen LogP contribution < -0.4 is 5.32 Å². The van der Waals surface area contributed by atoms with Crippen molar-refractivity contribution in [3.8, 4) is 0 Å². The molecule has 0 fully saturated rings. The third kappa shape index (κ3) is 3.46. The van der Waals surface area contributed by atoms with Gasteiger partial charge in [0.05, 0.1) is 3.79 Å². The van der Waals surface area contributed by atoms with Gasteiger partial charge >= 0.3 is 0 Å². The SMILES string of the molecule is CC(=O)NCC(O)c1ccc(Br)s1. The van der Waals surface area contributed by atoms with E-state index in [1.165, 1.54) is 18.3 Å². The van der Waals surface area contributed by atoms with E-state index in [1.54, 1.807) is 0 Å². The van der Waals surface area contributed by atoms with Crippen molar-refractivity contribution >= 4 is 33.2 Å². The van der Waals surface area contributed by atoms with Crippen LogP contribution in [0.3, 0.4) is 0 Å². The molecule has 1 heterocycles. The highest BCUT2D eigenvalue weighted by atomic mass is 79.9. The molecule has 0 aromatic carbocycles. The number of carbonyl (C=O) groups excluding carboxylic acids is 1. The van der Waals surface area contributed by atoms with Crippen LogP contribution in [0.4, 0.5) is 0 Å². The average molecular weight is 264 g/mol. The van der Waals surface area contributed by atoms with Gasteiger partial charge in [0.1, 0.15) is 6.10 Å². The number of aliphatic hydroxyl groups excluding tert-OH is 1. The van der Waals surface area contributed by atoms with Crippen molar-refractivity contribution < 1.29 is 9.90 Å². The van der Waals surface area contributed by atoms with Gasteiger partial charge in [-0.15, -0.1) is 11.3 Å². The first-order valence-corrected chi connectivity index (χ1v) is 5.38. The van der Waals surface area contributed by atoms with Crippen molar-refractivity contribution in [1.82, 2.24) is 5.32 Å². The maximum atomic E-state index is 10.6. The predicted octanol–water partition coefficient (Wildman–Crippen LogP) is 1.68. The number of hydrogen-bond acceptors (Lipinski definition) is 3. The lowest BCUT2D eigenvalue weighted by atomic mass is 10.3. The van der Waals surface area contributed by atoms with Gasteiger partial charge in [-0.25, -0.2) is 0 Å². The second-order valence-electron chi connectivity index (χ2n) is 2.59. The fourth-order valence-corrected chi connectivity index (χ4v) is 2.26. The molecule has 72 valence electrons. The molecule has 1 amide bonds. The van der Waals surface area contributed by atoms with E-state index in [4.69, 9.17) is 0 Å². The van der Waals surface area contributed by atoms with Crippen LogP contribution in [0.1, 0.15) is 17.9 Å². The van der Waals surface area contributed by atoms with Crippen LogP contribution >= 0.6 is 27.3 Å². The van der Waals surface area contributed by atoms with Gasteiger partial charge < -0.3 is 10.4 Å². The first kappa shape index (κ1) is 10.7. The maximum Gasteiger partial charge on any atom is 0.216 e. The summed E-state index contributed by atoms with van der Waals surface area (Å²) in [7, 11) is 0. The van der Waals surface area contributed by atoms with Crippen LogP contribution in [0.2, 0.25) is 0 Å². The first-order valence-electron chi connectivity index (χ1n) is 3.77. The molecule has 0 saturated heterocycles. The van der Waals surface area contributed by atoms with Gasteiger partial charge in [0.15, 0.2) is 0 Å². The average Bonchev–Trinajstić information content (AvgIpc) is 2.47. The van der Waals surface area contributed by atoms with Crippen LogP contribution in [-0.4, -0.2) is 17.6 Å². The molecule has 1 aromatic heterocycles. The zero-order valence-corrected chi connectivity index (χ0v) is 9.48. The molecular weight excluding hydrogens is 254 g/mol. The van der Waals surface area contributed by atoms with Crippen molar-refractivity contribution in [2.24, 2.45) is 0 Å². The molecule has 1 aromatic rings. The van der Waals surface area contributed by atoms with Crippen LogP contribution in [-0.2, 0) is 4.79 Å². The summed E-state index contributed by atoms with van der Waals surface area (Å²) in [4.78, 5) is 11.4. The molecular formula is C8H10BrNO2S. The Kier molecular flexibility index (Phi) is 3.90. The topological polar surface area (TPSA) is 49.3 Å². The van der Waals surface area contributed by atoms with E-state index >= 15 is 0 Å². The van der Waals surface area contributed by atoms with E-state index in [0.717, 1.165) is 8.66 Å². The summed E-state index contributed by atoms with van der Waals surface area (Å²) in [6, 6.07) is 3.71. The Bertz CT molecular complexity index is 300. The van der Waals surface area contributed by atoms with Gasteiger partial charge in [-0.05, 0) is 28.1 Å². The zero-order chi connectivity index (χ0) is 9.84. The molecule has 3 nitrogen and oxygen atoms in total. The molecule has 1 atom stereocenters. The Balaban J connectivity index is 2.48. The number of aliphatic hydroxyl groups is 1. The number of carbonyl (C=O) groups is 1. The standard InChI is InChI=1S/C8H10BrNO2S/c1-5(11)10-4-6(12)7-2-3-8(9)13-7/h2-3,6,12H,4H2,1H3,(H,10,11). The summed E-state index contributed by atoms with van der Waals surface area (Å²) in [5.74, 6) is -0.130. The molecule has 13 heavy (non-hydrogen) atoms. The molecule has 0 radical (unpaired) electrons. The minimum absolute atomic E-state index is 0.130. The van der Waals surface area contributed by atoms with Crippen molar-refractivity contribution in [2.45, 2.75) is 13.0 Å². The van der Waals surface area contributed by atoms with Gasteiger partial charge in [-0.1, -0.05) is 0 Å². The quantitative estimate of drug-likeness (QED) is 0.872. The third-order valence-corrected chi connectivity index (χ3v) is 3.19. The molecule has 0 aliphatic heterocycles. The molecule has 1 unspecified atom stereocenters. The predicted molar refractivity (Wildman–Crippen MR) is 55.7 cm³/mol. The summed E-state index contributed by atoms with van der Waals surface area (Å²) in [5, 5.41) is 12.1. The molecule has 0 bridgehead atoms. The number of rotatable bonds is 3. The molecule has 0 aliphatic rings. The van der Waals surface area contributed by atoms with Gasteiger partial charge in [0.2, 0.25) is 5.91 Å². The molecule has 0 saturated carbocycles. The normalized spacial score (nSPS) is 12.5. The number of thiophene rings is 1. The van der Waals surface area contributed by atoms with Crippen LogP contribution in [0, 0.1) is 0 Å². The summed E-state index contributed by atoms with van der Waals surface area (Å²) in [6.07, 6.45) is -0.611. The summed E-state index contributed by atoms with van der Waals surface area (Å²) in [6.45, 7) is 1.69. The van der Waals surface area contributed by atoms with Crippen molar-refractivity contribution in [1.29, 1.82) is 0 Å². The smallest absolute Gasteiger partial charge is 0.216 e. The highest BCUT2D eigenvalue weighted by Crippen LogP contribution is 2.26. The summed E-state index contributed by atoms with van der Waals surface area (Å²) < 4.78 is 0.976. The second-order valence-corrected chi connectivity index (χ2v) is 5.09. The minimum Gasteiger partial charge on any atom is -0.386 e. The fourth-order valence-electron chi connectivity index (χ4n) is 0.848. The zero-order valence-electron chi connectivity index (χ0n) is 7.08. The Hall–Kier alpha value is -0.390. The van der Waals surface area contributed by atoms with Gasteiger partial charge in [-0.2, -0.15) is 0 Å².